The van der Waals surface area contributed by atoms with Crippen LogP contribution in [0.2, 0.25) is 0 Å². The summed E-state index contributed by atoms with van der Waals surface area (Å²) in [6.45, 7) is 0. The topological polar surface area (TPSA) is 72.7 Å². The number of aromatic nitrogens is 4. The predicted octanol–water partition coefficient (Wildman–Crippen LogP) is 3.51. The zero-order valence-electron chi connectivity index (χ0n) is 14.5. The van der Waals surface area contributed by atoms with Crippen LogP contribution in [0, 0.1) is 0 Å². The molecule has 6 nitrogen and oxygen atoms in total. The second-order valence-corrected chi connectivity index (χ2v) is 6.05. The molecule has 0 fully saturated rings. The van der Waals surface area contributed by atoms with Crippen LogP contribution in [0.25, 0.3) is 5.69 Å². The summed E-state index contributed by atoms with van der Waals surface area (Å²) in [6.07, 6.45) is 2.21. The van der Waals surface area contributed by atoms with Crippen molar-refractivity contribution in [1.82, 2.24) is 20.2 Å². The van der Waals surface area contributed by atoms with Gasteiger partial charge in [0.25, 0.3) is 5.91 Å². The van der Waals surface area contributed by atoms with Crippen molar-refractivity contribution in [1.29, 1.82) is 0 Å². The lowest BCUT2D eigenvalue weighted by molar-refractivity contribution is 0.102. The molecule has 1 amide bonds. The summed E-state index contributed by atoms with van der Waals surface area (Å²) in [6, 6.07) is 25.2. The third kappa shape index (κ3) is 3.74. The molecule has 1 heterocycles. The average Bonchev–Trinajstić information content (AvgIpc) is 3.25. The molecule has 0 unspecified atom stereocenters. The first-order valence-electron chi connectivity index (χ1n) is 8.57. The van der Waals surface area contributed by atoms with Crippen LogP contribution in [0.3, 0.4) is 0 Å². The highest BCUT2D eigenvalue weighted by atomic mass is 16.1. The van der Waals surface area contributed by atoms with Crippen LogP contribution in [0.1, 0.15) is 21.5 Å². The first kappa shape index (κ1) is 16.7. The molecular weight excluding hydrogens is 338 g/mol. The van der Waals surface area contributed by atoms with E-state index in [1.54, 1.807) is 12.1 Å². The van der Waals surface area contributed by atoms with Gasteiger partial charge in [0.15, 0.2) is 0 Å². The van der Waals surface area contributed by atoms with E-state index >= 15 is 0 Å². The number of rotatable bonds is 5. The molecule has 4 rings (SSSR count). The lowest BCUT2D eigenvalue weighted by Gasteiger charge is -2.13. The summed E-state index contributed by atoms with van der Waals surface area (Å²) in [4.78, 5) is 12.9. The number of carbonyl (C=O) groups is 1. The summed E-state index contributed by atoms with van der Waals surface area (Å²) in [5.74, 6) is -0.207. The minimum Gasteiger partial charge on any atom is -0.322 e. The molecule has 0 saturated carbocycles. The van der Waals surface area contributed by atoms with Crippen molar-refractivity contribution in [2.45, 2.75) is 6.42 Å². The van der Waals surface area contributed by atoms with E-state index < -0.39 is 0 Å². The Morgan fingerprint density at radius 3 is 2.44 bits per heavy atom. The zero-order chi connectivity index (χ0) is 18.5. The Labute approximate surface area is 156 Å². The molecule has 27 heavy (non-hydrogen) atoms. The molecule has 0 aliphatic heterocycles. The maximum Gasteiger partial charge on any atom is 0.257 e. The fourth-order valence-corrected chi connectivity index (χ4v) is 2.94. The number of benzene rings is 3. The number of hydrogen-bond acceptors (Lipinski definition) is 4. The smallest absolute Gasteiger partial charge is 0.257 e. The number of hydrogen-bond donors (Lipinski definition) is 1. The van der Waals surface area contributed by atoms with Crippen molar-refractivity contribution in [2.24, 2.45) is 0 Å². The summed E-state index contributed by atoms with van der Waals surface area (Å²) in [5.41, 5.74) is 4.16. The van der Waals surface area contributed by atoms with Crippen molar-refractivity contribution in [2.75, 3.05) is 5.32 Å². The monoisotopic (exact) mass is 355 g/mol. The number of nitrogens with one attached hydrogen (secondary N) is 1. The number of para-hydroxylation sites is 2. The highest BCUT2D eigenvalue weighted by Gasteiger charge is 2.15. The lowest BCUT2D eigenvalue weighted by Crippen LogP contribution is -2.16. The van der Waals surface area contributed by atoms with Crippen LogP contribution in [0.5, 0.6) is 0 Å². The molecule has 0 spiro atoms. The molecule has 1 aromatic heterocycles. The van der Waals surface area contributed by atoms with Crippen LogP contribution in [-0.2, 0) is 6.42 Å². The van der Waals surface area contributed by atoms with Crippen LogP contribution in [0.4, 0.5) is 5.69 Å². The van der Waals surface area contributed by atoms with Crippen molar-refractivity contribution in [3.63, 3.8) is 0 Å². The number of nitrogens with zero attached hydrogens (tertiary/aromatic N) is 4. The van der Waals surface area contributed by atoms with Crippen LogP contribution < -0.4 is 5.32 Å². The molecular formula is C21H17N5O. The lowest BCUT2D eigenvalue weighted by atomic mass is 10.0. The minimum absolute atomic E-state index is 0.207. The third-order valence-corrected chi connectivity index (χ3v) is 4.25. The quantitative estimate of drug-likeness (QED) is 0.595. The number of anilines is 1. The van der Waals surface area contributed by atoms with Gasteiger partial charge in [-0.3, -0.25) is 4.79 Å². The van der Waals surface area contributed by atoms with Crippen LogP contribution in [-0.4, -0.2) is 26.1 Å². The Morgan fingerprint density at radius 1 is 0.889 bits per heavy atom. The molecule has 4 aromatic rings. The summed E-state index contributed by atoms with van der Waals surface area (Å²) in [7, 11) is 0. The van der Waals surface area contributed by atoms with Gasteiger partial charge in [-0.1, -0.05) is 60.7 Å². The van der Waals surface area contributed by atoms with E-state index in [9.17, 15) is 4.79 Å². The van der Waals surface area contributed by atoms with E-state index in [0.717, 1.165) is 17.7 Å². The van der Waals surface area contributed by atoms with Gasteiger partial charge in [0.2, 0.25) is 0 Å². The number of amides is 1. The van der Waals surface area contributed by atoms with E-state index in [1.807, 2.05) is 54.6 Å². The fourth-order valence-electron chi connectivity index (χ4n) is 2.94. The first-order chi connectivity index (χ1) is 13.3. The summed E-state index contributed by atoms with van der Waals surface area (Å²) < 4.78 is 1.48. The second-order valence-electron chi connectivity index (χ2n) is 6.05. The Morgan fingerprint density at radius 2 is 1.63 bits per heavy atom. The molecule has 0 radical (unpaired) electrons. The van der Waals surface area contributed by atoms with Crippen molar-refractivity contribution < 1.29 is 4.79 Å². The van der Waals surface area contributed by atoms with Gasteiger partial charge in [-0.15, -0.1) is 5.10 Å². The molecule has 0 atom stereocenters. The van der Waals surface area contributed by atoms with E-state index in [1.165, 1.54) is 16.6 Å². The van der Waals surface area contributed by atoms with Crippen molar-refractivity contribution >= 4 is 11.6 Å². The van der Waals surface area contributed by atoms with Gasteiger partial charge in [-0.25, -0.2) is 0 Å². The molecule has 0 bridgehead atoms. The zero-order valence-corrected chi connectivity index (χ0v) is 14.5. The van der Waals surface area contributed by atoms with Gasteiger partial charge in [0.05, 0.1) is 11.3 Å². The van der Waals surface area contributed by atoms with Gasteiger partial charge in [-0.05, 0) is 46.2 Å². The highest BCUT2D eigenvalue weighted by molar-refractivity contribution is 6.07. The second kappa shape index (κ2) is 7.61. The Bertz CT molecular complexity index is 1050. The number of carbonyl (C=O) groups excluding carboxylic acids is 1. The number of tetrazole rings is 1. The Hall–Kier alpha value is -3.80. The summed E-state index contributed by atoms with van der Waals surface area (Å²) >= 11 is 0. The first-order valence-corrected chi connectivity index (χ1v) is 8.57. The standard InChI is InChI=1S/C21H17N5O/c27-21(18-11-5-7-13-20(18)26-15-22-24-25-26)23-19-12-6-4-10-17(19)14-16-8-2-1-3-9-16/h1-13,15H,14H2,(H,23,27). The van der Waals surface area contributed by atoms with E-state index in [0.29, 0.717) is 11.3 Å². The van der Waals surface area contributed by atoms with E-state index in [2.05, 4.69) is 33.0 Å². The SMILES string of the molecule is O=C(Nc1ccccc1Cc1ccccc1)c1ccccc1-n1cnnn1. The average molecular weight is 355 g/mol. The normalized spacial score (nSPS) is 10.5. The van der Waals surface area contributed by atoms with Gasteiger partial charge in [-0.2, -0.15) is 4.68 Å². The molecule has 0 aliphatic rings. The van der Waals surface area contributed by atoms with Gasteiger partial charge >= 0.3 is 0 Å². The summed E-state index contributed by atoms with van der Waals surface area (Å²) in [5, 5.41) is 14.2. The van der Waals surface area contributed by atoms with Gasteiger partial charge < -0.3 is 5.32 Å². The largest absolute Gasteiger partial charge is 0.322 e. The van der Waals surface area contributed by atoms with Crippen molar-refractivity contribution in [3.8, 4) is 5.69 Å². The van der Waals surface area contributed by atoms with Gasteiger partial charge in [0.1, 0.15) is 6.33 Å². The Balaban J connectivity index is 1.62. The molecule has 0 saturated heterocycles. The maximum absolute atomic E-state index is 12.9. The van der Waals surface area contributed by atoms with Gasteiger partial charge in [0, 0.05) is 5.69 Å². The van der Waals surface area contributed by atoms with Crippen LogP contribution >= 0.6 is 0 Å². The molecule has 132 valence electrons. The molecule has 1 N–H and O–H groups in total. The molecule has 6 heteroatoms. The third-order valence-electron chi connectivity index (χ3n) is 4.25. The molecule has 0 aliphatic carbocycles. The van der Waals surface area contributed by atoms with Crippen molar-refractivity contribution in [3.05, 3.63) is 102 Å². The highest BCUT2D eigenvalue weighted by Crippen LogP contribution is 2.21. The predicted molar refractivity (Wildman–Crippen MR) is 103 cm³/mol. The Kier molecular flexibility index (Phi) is 4.70. The molecule has 3 aromatic carbocycles. The van der Waals surface area contributed by atoms with E-state index in [-0.39, 0.29) is 5.91 Å². The van der Waals surface area contributed by atoms with E-state index in [4.69, 9.17) is 0 Å². The maximum atomic E-state index is 12.9. The van der Waals surface area contributed by atoms with Crippen LogP contribution in [0.15, 0.2) is 85.2 Å². The fraction of sp³-hybridized carbons (Fsp3) is 0.0476. The minimum atomic E-state index is -0.207.